The van der Waals surface area contributed by atoms with E-state index < -0.39 is 0 Å². The molecule has 5 rings (SSSR count). The molecule has 0 saturated carbocycles. The van der Waals surface area contributed by atoms with Gasteiger partial charge in [-0.1, -0.05) is 0 Å². The van der Waals surface area contributed by atoms with Crippen LogP contribution < -0.4 is 15.0 Å². The number of morpholine rings is 1. The van der Waals surface area contributed by atoms with Crippen LogP contribution in [-0.4, -0.2) is 90.1 Å². The molecule has 3 N–H and O–H groups in total. The molecule has 2 bridgehead atoms. The number of carbonyl (C=O) groups is 1. The Morgan fingerprint density at radius 2 is 1.97 bits per heavy atom. The Morgan fingerprint density at radius 3 is 2.83 bits per heavy atom. The Balaban J connectivity index is 1.53. The Morgan fingerprint density at radius 1 is 1.11 bits per heavy atom. The highest BCUT2D eigenvalue weighted by Crippen LogP contribution is 2.34. The molecular weight excluding hydrogens is 450 g/mol. The fraction of sp³-hybridized carbons (Fsp3) is 0.417. The van der Waals surface area contributed by atoms with E-state index in [-0.39, 0.29) is 11.8 Å². The number of ether oxygens (including phenoxy) is 2. The predicted octanol–water partition coefficient (Wildman–Crippen LogP) is 2.29. The van der Waals surface area contributed by atoms with Crippen molar-refractivity contribution in [1.29, 1.82) is 0 Å². The number of hydrogen-bond donors (Lipinski definition) is 3. The quantitative estimate of drug-likeness (QED) is 0.485. The van der Waals surface area contributed by atoms with Gasteiger partial charge in [-0.05, 0) is 18.6 Å². The van der Waals surface area contributed by atoms with Crippen LogP contribution in [0, 0.1) is 0 Å². The third-order valence-corrected chi connectivity index (χ3v) is 6.20. The molecule has 2 aliphatic heterocycles. The highest BCUT2D eigenvalue weighted by Gasteiger charge is 2.18. The van der Waals surface area contributed by atoms with E-state index in [0.717, 1.165) is 18.8 Å². The summed E-state index contributed by atoms with van der Waals surface area (Å²) in [4.78, 5) is 32.6. The van der Waals surface area contributed by atoms with Crippen LogP contribution in [0.15, 0.2) is 29.5 Å². The number of aromatic amines is 1. The Labute approximate surface area is 202 Å². The molecule has 3 aromatic rings. The van der Waals surface area contributed by atoms with Crippen LogP contribution >= 0.6 is 0 Å². The first-order valence-electron chi connectivity index (χ1n) is 11.8. The van der Waals surface area contributed by atoms with Gasteiger partial charge in [-0.3, -0.25) is 9.79 Å². The Hall–Kier alpha value is -3.86. The number of anilines is 2. The molecule has 35 heavy (non-hydrogen) atoms. The van der Waals surface area contributed by atoms with Crippen LogP contribution in [-0.2, 0) is 9.53 Å². The summed E-state index contributed by atoms with van der Waals surface area (Å²) in [5.74, 6) is 1.28. The lowest BCUT2D eigenvalue weighted by Gasteiger charge is -2.30. The molecule has 0 unspecified atom stereocenters. The highest BCUT2D eigenvalue weighted by molar-refractivity contribution is 6.06. The standard InChI is InChI=1S/C24H29N7O4/c1-30-7-6-25-22-21-17(24(33)29-23(21)28-15-27-22)14-26-16-4-5-18(31-8-11-34-12-9-31)19(13-16)35-10-2-3-20(30)32/h4-5,13-15,33H,2-3,6-12H2,1H3,(H2,25,27,28,29). The van der Waals surface area contributed by atoms with E-state index in [1.54, 1.807) is 18.2 Å². The molecule has 0 radical (unpaired) electrons. The Kier molecular flexibility index (Phi) is 6.66. The van der Waals surface area contributed by atoms with Gasteiger partial charge in [0.15, 0.2) is 5.88 Å². The van der Waals surface area contributed by atoms with Crippen LogP contribution in [0.5, 0.6) is 11.6 Å². The average Bonchev–Trinajstić information content (AvgIpc) is 3.20. The molecule has 1 aromatic carbocycles. The molecule has 11 heteroatoms. The number of H-pyrrole nitrogens is 1. The fourth-order valence-electron chi connectivity index (χ4n) is 4.26. The number of aliphatic imine (C=N–C) groups is 1. The minimum absolute atomic E-state index is 0.0427. The second-order valence-corrected chi connectivity index (χ2v) is 8.54. The summed E-state index contributed by atoms with van der Waals surface area (Å²) in [5, 5.41) is 14.4. The molecule has 0 aliphatic carbocycles. The van der Waals surface area contributed by atoms with Crippen LogP contribution in [0.4, 0.5) is 17.2 Å². The third-order valence-electron chi connectivity index (χ3n) is 6.20. The molecule has 0 spiro atoms. The zero-order valence-electron chi connectivity index (χ0n) is 19.7. The summed E-state index contributed by atoms with van der Waals surface area (Å²) < 4.78 is 11.6. The van der Waals surface area contributed by atoms with Crippen LogP contribution in [0.25, 0.3) is 11.0 Å². The fourth-order valence-corrected chi connectivity index (χ4v) is 4.26. The van der Waals surface area contributed by atoms with Crippen LogP contribution in [0.3, 0.4) is 0 Å². The summed E-state index contributed by atoms with van der Waals surface area (Å²) in [5.41, 5.74) is 2.63. The number of nitrogens with one attached hydrogen (secondary N) is 2. The van der Waals surface area contributed by atoms with Gasteiger partial charge < -0.3 is 34.7 Å². The SMILES string of the molecule is CN1CCNc2ncnc3[nH]c(O)c(c23)C=Nc2ccc(N3CCOCC3)c(c2)OCCCC1=O. The van der Waals surface area contributed by atoms with E-state index in [0.29, 0.717) is 79.6 Å². The largest absolute Gasteiger partial charge is 0.494 e. The molecule has 1 amide bonds. The van der Waals surface area contributed by atoms with Gasteiger partial charge in [0.25, 0.3) is 0 Å². The second kappa shape index (κ2) is 10.2. The molecule has 11 nitrogen and oxygen atoms in total. The maximum Gasteiger partial charge on any atom is 0.222 e. The summed E-state index contributed by atoms with van der Waals surface area (Å²) in [6, 6.07) is 5.79. The molecule has 0 atom stereocenters. The van der Waals surface area contributed by atoms with Gasteiger partial charge in [-0.2, -0.15) is 0 Å². The predicted molar refractivity (Wildman–Crippen MR) is 133 cm³/mol. The van der Waals surface area contributed by atoms with Crippen molar-refractivity contribution in [2.45, 2.75) is 12.8 Å². The molecule has 2 aromatic heterocycles. The normalized spacial score (nSPS) is 17.7. The number of fused-ring (bicyclic) bond motifs is 2. The van der Waals surface area contributed by atoms with Gasteiger partial charge >= 0.3 is 0 Å². The van der Waals surface area contributed by atoms with Gasteiger partial charge in [0.2, 0.25) is 5.91 Å². The van der Waals surface area contributed by atoms with E-state index >= 15 is 0 Å². The zero-order valence-corrected chi connectivity index (χ0v) is 19.7. The minimum atomic E-state index is -0.0427. The lowest BCUT2D eigenvalue weighted by Crippen LogP contribution is -2.36. The van der Waals surface area contributed by atoms with E-state index in [1.807, 2.05) is 18.2 Å². The van der Waals surface area contributed by atoms with Gasteiger partial charge in [-0.25, -0.2) is 9.97 Å². The number of nitrogens with zero attached hydrogens (tertiary/aromatic N) is 5. The summed E-state index contributed by atoms with van der Waals surface area (Å²) in [7, 11) is 1.79. The number of rotatable bonds is 1. The molecule has 4 heterocycles. The van der Waals surface area contributed by atoms with Crippen LogP contribution in [0.2, 0.25) is 0 Å². The van der Waals surface area contributed by atoms with Crippen molar-refractivity contribution < 1.29 is 19.4 Å². The first kappa shape index (κ1) is 22.9. The minimum Gasteiger partial charge on any atom is -0.494 e. The van der Waals surface area contributed by atoms with Gasteiger partial charge in [0, 0.05) is 51.9 Å². The molecule has 184 valence electrons. The van der Waals surface area contributed by atoms with Crippen molar-refractivity contribution >= 4 is 40.3 Å². The summed E-state index contributed by atoms with van der Waals surface area (Å²) in [6.45, 7) is 4.31. The molecule has 1 fully saturated rings. The van der Waals surface area contributed by atoms with Crippen molar-refractivity contribution in [2.24, 2.45) is 4.99 Å². The number of likely N-dealkylation sites (N-methyl/N-ethyl adjacent to an activating group) is 1. The second-order valence-electron chi connectivity index (χ2n) is 8.54. The van der Waals surface area contributed by atoms with Crippen molar-refractivity contribution in [1.82, 2.24) is 19.9 Å². The van der Waals surface area contributed by atoms with E-state index in [1.165, 1.54) is 6.33 Å². The topological polar surface area (TPSA) is 128 Å². The molecule has 1 saturated heterocycles. The number of aromatic nitrogens is 3. The number of carbonyl (C=O) groups excluding carboxylic acids is 1. The molecule has 2 aliphatic rings. The number of aromatic hydroxyl groups is 1. The maximum absolute atomic E-state index is 12.6. The highest BCUT2D eigenvalue weighted by atomic mass is 16.5. The van der Waals surface area contributed by atoms with Crippen molar-refractivity contribution in [3.63, 3.8) is 0 Å². The smallest absolute Gasteiger partial charge is 0.222 e. The first-order chi connectivity index (χ1) is 17.1. The molecular formula is C24H29N7O4. The monoisotopic (exact) mass is 479 g/mol. The zero-order chi connectivity index (χ0) is 24.2. The summed E-state index contributed by atoms with van der Waals surface area (Å²) >= 11 is 0. The van der Waals surface area contributed by atoms with Crippen LogP contribution in [0.1, 0.15) is 18.4 Å². The Bertz CT molecular complexity index is 1240. The van der Waals surface area contributed by atoms with Crippen molar-refractivity contribution in [3.05, 3.63) is 30.1 Å². The summed E-state index contributed by atoms with van der Waals surface area (Å²) in [6.07, 6.45) is 4.03. The van der Waals surface area contributed by atoms with E-state index in [4.69, 9.17) is 9.47 Å². The van der Waals surface area contributed by atoms with Gasteiger partial charge in [0.1, 0.15) is 23.5 Å². The number of hydrogen-bond acceptors (Lipinski definition) is 9. The first-order valence-corrected chi connectivity index (χ1v) is 11.8. The van der Waals surface area contributed by atoms with Crippen molar-refractivity contribution in [3.8, 4) is 11.6 Å². The van der Waals surface area contributed by atoms with Crippen molar-refractivity contribution in [2.75, 3.05) is 63.3 Å². The third kappa shape index (κ3) is 4.99. The number of amides is 1. The lowest BCUT2D eigenvalue weighted by atomic mass is 10.2. The van der Waals surface area contributed by atoms with Gasteiger partial charge in [-0.15, -0.1) is 0 Å². The van der Waals surface area contributed by atoms with Gasteiger partial charge in [0.05, 0.1) is 42.1 Å². The van der Waals surface area contributed by atoms with E-state index in [2.05, 4.69) is 30.2 Å². The number of benzene rings is 1. The average molecular weight is 480 g/mol. The maximum atomic E-state index is 12.6. The lowest BCUT2D eigenvalue weighted by molar-refractivity contribution is -0.129. The van der Waals surface area contributed by atoms with E-state index in [9.17, 15) is 9.90 Å².